The minimum atomic E-state index is -0.543. The molecule has 20 heavy (non-hydrogen) atoms. The van der Waals surface area contributed by atoms with E-state index >= 15 is 0 Å². The normalized spacial score (nSPS) is 20.8. The summed E-state index contributed by atoms with van der Waals surface area (Å²) in [5, 5.41) is 12.1. The zero-order valence-corrected chi connectivity index (χ0v) is 11.9. The third-order valence-electron chi connectivity index (χ3n) is 3.78. The smallest absolute Gasteiger partial charge is 0.237 e. The number of benzene rings is 1. The van der Waals surface area contributed by atoms with Crippen LogP contribution >= 0.6 is 0 Å². The number of nitrogens with one attached hydrogen (secondary N) is 1. The van der Waals surface area contributed by atoms with Crippen LogP contribution < -0.4 is 11.1 Å². The lowest BCUT2D eigenvalue weighted by Crippen LogP contribution is -2.43. The van der Waals surface area contributed by atoms with Crippen LogP contribution in [0.25, 0.3) is 0 Å². The molecule has 5 nitrogen and oxygen atoms in total. The van der Waals surface area contributed by atoms with Gasteiger partial charge in [-0.15, -0.1) is 0 Å². The van der Waals surface area contributed by atoms with Crippen LogP contribution in [0.2, 0.25) is 0 Å². The maximum absolute atomic E-state index is 12.0. The van der Waals surface area contributed by atoms with Crippen molar-refractivity contribution in [2.45, 2.75) is 18.9 Å². The minimum absolute atomic E-state index is 0.104. The highest BCUT2D eigenvalue weighted by molar-refractivity contribution is 5.81. The van der Waals surface area contributed by atoms with Gasteiger partial charge < -0.3 is 21.1 Å². The van der Waals surface area contributed by atoms with Crippen molar-refractivity contribution < 1.29 is 9.90 Å². The van der Waals surface area contributed by atoms with E-state index in [-0.39, 0.29) is 11.7 Å². The molecular formula is C15H23N3O2. The molecule has 5 heteroatoms. The number of hydrogen-bond acceptors (Lipinski definition) is 4. The molecule has 1 aromatic carbocycles. The Morgan fingerprint density at radius 1 is 1.50 bits per heavy atom. The summed E-state index contributed by atoms with van der Waals surface area (Å²) in [5.41, 5.74) is 6.86. The standard InChI is InChI=1S/C15H23N3O2/c1-18-7-6-12(10-18)9-17-15(20)14(16)8-11-2-4-13(19)5-3-11/h2-5,12,14,19H,6-10,16H2,1H3,(H,17,20)/t12?,14-/m1/s1. The Bertz CT molecular complexity index is 447. The number of carbonyl (C=O) groups is 1. The van der Waals surface area contributed by atoms with Gasteiger partial charge in [0.25, 0.3) is 0 Å². The fraction of sp³-hybridized carbons (Fsp3) is 0.533. The first-order valence-corrected chi connectivity index (χ1v) is 7.04. The van der Waals surface area contributed by atoms with Crippen LogP contribution in [-0.4, -0.2) is 48.6 Å². The Balaban J connectivity index is 1.75. The molecule has 1 aliphatic rings. The number of amides is 1. The van der Waals surface area contributed by atoms with Crippen LogP contribution in [0.4, 0.5) is 0 Å². The first-order valence-electron chi connectivity index (χ1n) is 7.04. The van der Waals surface area contributed by atoms with Gasteiger partial charge in [-0.25, -0.2) is 0 Å². The van der Waals surface area contributed by atoms with Gasteiger partial charge in [-0.1, -0.05) is 12.1 Å². The van der Waals surface area contributed by atoms with Gasteiger partial charge in [-0.05, 0) is 50.0 Å². The second kappa shape index (κ2) is 6.72. The van der Waals surface area contributed by atoms with Crippen LogP contribution in [0.3, 0.4) is 0 Å². The van der Waals surface area contributed by atoms with Crippen molar-refractivity contribution in [2.75, 3.05) is 26.7 Å². The Hall–Kier alpha value is -1.59. The number of phenols is 1. The molecule has 0 aliphatic carbocycles. The molecule has 1 heterocycles. The van der Waals surface area contributed by atoms with Crippen molar-refractivity contribution in [1.82, 2.24) is 10.2 Å². The molecule has 0 saturated carbocycles. The summed E-state index contributed by atoms with van der Waals surface area (Å²) >= 11 is 0. The van der Waals surface area contributed by atoms with Crippen molar-refractivity contribution in [2.24, 2.45) is 11.7 Å². The highest BCUT2D eigenvalue weighted by Gasteiger charge is 2.21. The molecule has 1 unspecified atom stereocenters. The van der Waals surface area contributed by atoms with Gasteiger partial charge in [-0.3, -0.25) is 4.79 Å². The van der Waals surface area contributed by atoms with Gasteiger partial charge in [0.05, 0.1) is 6.04 Å². The fourth-order valence-corrected chi connectivity index (χ4v) is 2.55. The summed E-state index contributed by atoms with van der Waals surface area (Å²) in [7, 11) is 2.10. The molecule has 2 atom stereocenters. The van der Waals surface area contributed by atoms with Gasteiger partial charge in [0.1, 0.15) is 5.75 Å². The van der Waals surface area contributed by atoms with Gasteiger partial charge in [0.2, 0.25) is 5.91 Å². The summed E-state index contributed by atoms with van der Waals surface area (Å²) in [6.45, 7) is 2.83. The quantitative estimate of drug-likeness (QED) is 0.725. The Morgan fingerprint density at radius 3 is 2.80 bits per heavy atom. The number of nitrogens with two attached hydrogens (primary N) is 1. The minimum Gasteiger partial charge on any atom is -0.508 e. The average Bonchev–Trinajstić information content (AvgIpc) is 2.84. The lowest BCUT2D eigenvalue weighted by Gasteiger charge is -2.15. The third-order valence-corrected chi connectivity index (χ3v) is 3.78. The lowest BCUT2D eigenvalue weighted by atomic mass is 10.1. The predicted molar refractivity (Wildman–Crippen MR) is 78.4 cm³/mol. The second-order valence-corrected chi connectivity index (χ2v) is 5.64. The molecule has 1 saturated heterocycles. The molecule has 1 aliphatic heterocycles. The highest BCUT2D eigenvalue weighted by atomic mass is 16.3. The van der Waals surface area contributed by atoms with E-state index < -0.39 is 6.04 Å². The number of phenolic OH excluding ortho intramolecular Hbond substituents is 1. The van der Waals surface area contributed by atoms with E-state index in [2.05, 4.69) is 17.3 Å². The van der Waals surface area contributed by atoms with E-state index in [4.69, 9.17) is 5.73 Å². The van der Waals surface area contributed by atoms with Crippen LogP contribution in [0.1, 0.15) is 12.0 Å². The van der Waals surface area contributed by atoms with E-state index in [0.717, 1.165) is 25.1 Å². The number of likely N-dealkylation sites (tertiary alicyclic amines) is 1. The largest absolute Gasteiger partial charge is 0.508 e. The summed E-state index contributed by atoms with van der Waals surface area (Å²) in [4.78, 5) is 14.2. The maximum atomic E-state index is 12.0. The Kier molecular flexibility index (Phi) is 4.98. The molecule has 2 rings (SSSR count). The predicted octanol–water partition coefficient (Wildman–Crippen LogP) is 0.330. The summed E-state index contributed by atoms with van der Waals surface area (Å²) in [5.74, 6) is 0.648. The van der Waals surface area contributed by atoms with E-state index in [1.165, 1.54) is 0 Å². The summed E-state index contributed by atoms with van der Waals surface area (Å²) in [6.07, 6.45) is 1.61. The molecule has 1 aromatic rings. The third kappa shape index (κ3) is 4.21. The first kappa shape index (κ1) is 14.8. The van der Waals surface area contributed by atoms with Crippen LogP contribution in [0.15, 0.2) is 24.3 Å². The molecule has 0 bridgehead atoms. The number of nitrogens with zero attached hydrogens (tertiary/aromatic N) is 1. The van der Waals surface area contributed by atoms with Crippen molar-refractivity contribution in [1.29, 1.82) is 0 Å². The van der Waals surface area contributed by atoms with E-state index in [1.54, 1.807) is 24.3 Å². The Morgan fingerprint density at radius 2 is 2.20 bits per heavy atom. The molecule has 0 spiro atoms. The van der Waals surface area contributed by atoms with Crippen molar-refractivity contribution in [3.05, 3.63) is 29.8 Å². The molecule has 4 N–H and O–H groups in total. The van der Waals surface area contributed by atoms with Crippen LogP contribution in [-0.2, 0) is 11.2 Å². The highest BCUT2D eigenvalue weighted by Crippen LogP contribution is 2.13. The van der Waals surface area contributed by atoms with Crippen LogP contribution in [0.5, 0.6) is 5.75 Å². The first-order chi connectivity index (χ1) is 9.54. The van der Waals surface area contributed by atoms with E-state index in [9.17, 15) is 9.90 Å². The summed E-state index contributed by atoms with van der Waals surface area (Å²) < 4.78 is 0. The van der Waals surface area contributed by atoms with E-state index in [0.29, 0.717) is 18.9 Å². The molecule has 0 radical (unpaired) electrons. The van der Waals surface area contributed by atoms with Gasteiger partial charge in [0, 0.05) is 13.1 Å². The van der Waals surface area contributed by atoms with E-state index in [1.807, 2.05) is 0 Å². The number of hydrogen-bond donors (Lipinski definition) is 3. The van der Waals surface area contributed by atoms with Gasteiger partial charge in [-0.2, -0.15) is 0 Å². The lowest BCUT2D eigenvalue weighted by molar-refractivity contribution is -0.122. The summed E-state index contributed by atoms with van der Waals surface area (Å²) in [6, 6.07) is 6.24. The SMILES string of the molecule is CN1CCC(CNC(=O)[C@H](N)Cc2ccc(O)cc2)C1. The topological polar surface area (TPSA) is 78.6 Å². The van der Waals surface area contributed by atoms with Crippen molar-refractivity contribution in [3.8, 4) is 5.75 Å². The molecule has 110 valence electrons. The molecular weight excluding hydrogens is 254 g/mol. The van der Waals surface area contributed by atoms with Crippen molar-refractivity contribution in [3.63, 3.8) is 0 Å². The zero-order chi connectivity index (χ0) is 14.5. The Labute approximate surface area is 119 Å². The molecule has 1 fully saturated rings. The maximum Gasteiger partial charge on any atom is 0.237 e. The average molecular weight is 277 g/mol. The number of carbonyl (C=O) groups excluding carboxylic acids is 1. The number of aromatic hydroxyl groups is 1. The fourth-order valence-electron chi connectivity index (χ4n) is 2.55. The van der Waals surface area contributed by atoms with Crippen LogP contribution in [0, 0.1) is 5.92 Å². The molecule has 1 amide bonds. The monoisotopic (exact) mass is 277 g/mol. The van der Waals surface area contributed by atoms with Crippen molar-refractivity contribution >= 4 is 5.91 Å². The second-order valence-electron chi connectivity index (χ2n) is 5.64. The zero-order valence-electron chi connectivity index (χ0n) is 11.9. The van der Waals surface area contributed by atoms with Gasteiger partial charge >= 0.3 is 0 Å². The van der Waals surface area contributed by atoms with Gasteiger partial charge in [0.15, 0.2) is 0 Å². The number of rotatable bonds is 5. The molecule has 0 aromatic heterocycles.